The summed E-state index contributed by atoms with van der Waals surface area (Å²) >= 11 is 0. The number of aliphatic hydroxyl groups excluding tert-OH is 1. The van der Waals surface area contributed by atoms with Gasteiger partial charge >= 0.3 is 0 Å². The first kappa shape index (κ1) is 36.0. The summed E-state index contributed by atoms with van der Waals surface area (Å²) in [5.41, 5.74) is 11.7. The van der Waals surface area contributed by atoms with Crippen molar-refractivity contribution in [3.63, 3.8) is 0 Å². The van der Waals surface area contributed by atoms with Crippen molar-refractivity contribution in [3.8, 4) is 0 Å². The number of hydrogen-bond donors (Lipinski definition) is 4. The molecule has 2 amide bonds. The van der Waals surface area contributed by atoms with Crippen LogP contribution in [0.5, 0.6) is 0 Å². The van der Waals surface area contributed by atoms with Crippen LogP contribution in [0.1, 0.15) is 107 Å². The number of nitrogens with zero attached hydrogens (tertiary/aromatic N) is 1. The second-order valence-corrected chi connectivity index (χ2v) is 15.9. The number of benzene rings is 3. The average Bonchev–Trinajstić information content (AvgIpc) is 3.33. The minimum absolute atomic E-state index is 0.0165. The van der Waals surface area contributed by atoms with E-state index in [0.29, 0.717) is 60.5 Å². The fraction of sp³-hybridized carbons (Fsp3) is 0.512. The van der Waals surface area contributed by atoms with E-state index in [0.717, 1.165) is 41.8 Å². The van der Waals surface area contributed by atoms with Gasteiger partial charge in [0.2, 0.25) is 11.8 Å². The number of anilines is 2. The van der Waals surface area contributed by atoms with Crippen molar-refractivity contribution in [3.05, 3.63) is 95.1 Å². The smallest absolute Gasteiger partial charge is 0.224 e. The third-order valence-electron chi connectivity index (χ3n) is 10.6. The number of para-hydroxylation sites is 2. The van der Waals surface area contributed by atoms with Crippen LogP contribution in [0, 0.1) is 10.8 Å². The molecular weight excluding hydrogens is 628 g/mol. The first-order valence-corrected chi connectivity index (χ1v) is 18.2. The average molecular weight is 683 g/mol. The molecule has 3 fully saturated rings. The number of amides is 2. The summed E-state index contributed by atoms with van der Waals surface area (Å²) in [4.78, 5) is 27.5. The van der Waals surface area contributed by atoms with Crippen molar-refractivity contribution < 1.29 is 24.2 Å². The van der Waals surface area contributed by atoms with Gasteiger partial charge in [0.1, 0.15) is 0 Å². The lowest BCUT2D eigenvalue weighted by molar-refractivity contribution is -0.253. The number of unbranched alkanes of at least 4 members (excludes halogenated alkanes) is 1. The van der Waals surface area contributed by atoms with Crippen LogP contribution >= 0.6 is 0 Å². The standard InChI is InChI=1S/C41H54N4O5/c1-40(2)21-32-22-41(3,26-40)27-45(32)24-33-20-36(30-16-14-29(25-46)15-17-30)50-39(49-33)31-18-12-28(13-19-31)23-43-37(47)10-6-7-11-38(48)44-35-9-5-4-8-34(35)42/h4-5,8-9,12-19,32-33,36,39,46H,6-7,10-11,20-27,42H2,1-3H3,(H,43,47)(H,44,48)/t32?,33-,36+,39+,41?/m1/s1. The molecule has 5 atom stereocenters. The molecule has 1 aliphatic carbocycles. The van der Waals surface area contributed by atoms with Crippen LogP contribution in [0.2, 0.25) is 0 Å². The quantitative estimate of drug-likeness (QED) is 0.113. The molecule has 6 rings (SSSR count). The van der Waals surface area contributed by atoms with Crippen molar-refractivity contribution in [2.24, 2.45) is 10.8 Å². The molecule has 0 aromatic heterocycles. The van der Waals surface area contributed by atoms with Crippen molar-refractivity contribution >= 4 is 23.2 Å². The normalized spacial score (nSPS) is 26.0. The number of aliphatic hydroxyl groups is 1. The molecule has 2 aliphatic heterocycles. The lowest BCUT2D eigenvalue weighted by Gasteiger charge is -2.41. The highest BCUT2D eigenvalue weighted by Gasteiger charge is 2.50. The van der Waals surface area contributed by atoms with Gasteiger partial charge in [-0.1, -0.05) is 81.4 Å². The molecule has 3 aromatic carbocycles. The Morgan fingerprint density at radius 2 is 1.56 bits per heavy atom. The zero-order valence-corrected chi connectivity index (χ0v) is 29.8. The zero-order chi connectivity index (χ0) is 35.3. The number of carbonyl (C=O) groups is 2. The van der Waals surface area contributed by atoms with Gasteiger partial charge in [-0.2, -0.15) is 0 Å². The van der Waals surface area contributed by atoms with E-state index in [1.807, 2.05) is 48.5 Å². The molecule has 268 valence electrons. The largest absolute Gasteiger partial charge is 0.397 e. The number of nitrogens with two attached hydrogens (primary N) is 1. The Hall–Kier alpha value is -3.76. The van der Waals surface area contributed by atoms with E-state index in [9.17, 15) is 14.7 Å². The van der Waals surface area contributed by atoms with Crippen molar-refractivity contribution in [1.29, 1.82) is 0 Å². The molecule has 5 N–H and O–H groups in total. The number of likely N-dealkylation sites (tertiary alicyclic amines) is 1. The molecule has 0 spiro atoms. The van der Waals surface area contributed by atoms with Crippen LogP contribution in [0.3, 0.4) is 0 Å². The number of nitrogen functional groups attached to an aromatic ring is 1. The van der Waals surface area contributed by atoms with E-state index in [2.05, 4.69) is 48.4 Å². The minimum Gasteiger partial charge on any atom is -0.397 e. The maximum atomic E-state index is 12.5. The van der Waals surface area contributed by atoms with Crippen LogP contribution in [0.15, 0.2) is 72.8 Å². The van der Waals surface area contributed by atoms with Gasteiger partial charge in [-0.25, -0.2) is 0 Å². The summed E-state index contributed by atoms with van der Waals surface area (Å²) in [5.74, 6) is -0.147. The molecule has 2 heterocycles. The Kier molecular flexibility index (Phi) is 11.3. The number of rotatable bonds is 13. The molecule has 1 saturated carbocycles. The summed E-state index contributed by atoms with van der Waals surface area (Å²) in [7, 11) is 0. The number of nitrogens with one attached hydrogen (secondary N) is 2. The highest BCUT2D eigenvalue weighted by molar-refractivity contribution is 5.93. The number of carbonyl (C=O) groups excluding carboxylic acids is 2. The van der Waals surface area contributed by atoms with E-state index < -0.39 is 6.29 Å². The van der Waals surface area contributed by atoms with Crippen LogP contribution < -0.4 is 16.4 Å². The van der Waals surface area contributed by atoms with Crippen molar-refractivity contribution in [2.75, 3.05) is 24.1 Å². The van der Waals surface area contributed by atoms with Crippen molar-refractivity contribution in [1.82, 2.24) is 10.2 Å². The second kappa shape index (κ2) is 15.6. The van der Waals surface area contributed by atoms with Gasteiger partial charge in [0.05, 0.1) is 30.2 Å². The fourth-order valence-electron chi connectivity index (χ4n) is 8.56. The summed E-state index contributed by atoms with van der Waals surface area (Å²) in [6, 6.07) is 23.9. The highest BCUT2D eigenvalue weighted by Crippen LogP contribution is 2.53. The monoisotopic (exact) mass is 682 g/mol. The Bertz CT molecular complexity index is 1610. The molecule has 3 aliphatic rings. The topological polar surface area (TPSA) is 126 Å². The van der Waals surface area contributed by atoms with Crippen LogP contribution in [0.4, 0.5) is 11.4 Å². The Morgan fingerprint density at radius 3 is 2.28 bits per heavy atom. The van der Waals surface area contributed by atoms with E-state index >= 15 is 0 Å². The first-order valence-electron chi connectivity index (χ1n) is 18.2. The van der Waals surface area contributed by atoms with E-state index in [4.69, 9.17) is 15.2 Å². The van der Waals surface area contributed by atoms with Gasteiger partial charge in [0.15, 0.2) is 6.29 Å². The summed E-state index contributed by atoms with van der Waals surface area (Å²) in [6.07, 6.45) is 5.84. The molecule has 2 bridgehead atoms. The third kappa shape index (κ3) is 9.31. The van der Waals surface area contributed by atoms with Crippen LogP contribution in [-0.2, 0) is 32.2 Å². The molecule has 2 saturated heterocycles. The predicted molar refractivity (Wildman–Crippen MR) is 196 cm³/mol. The molecule has 50 heavy (non-hydrogen) atoms. The zero-order valence-electron chi connectivity index (χ0n) is 29.8. The Morgan fingerprint density at radius 1 is 0.880 bits per heavy atom. The van der Waals surface area contributed by atoms with Gasteiger partial charge < -0.3 is 30.9 Å². The Balaban J connectivity index is 1.02. The van der Waals surface area contributed by atoms with Gasteiger partial charge in [-0.05, 0) is 71.8 Å². The second-order valence-electron chi connectivity index (χ2n) is 15.9. The lowest BCUT2D eigenvalue weighted by Crippen LogP contribution is -2.42. The summed E-state index contributed by atoms with van der Waals surface area (Å²) < 4.78 is 13.3. The number of fused-ring (bicyclic) bond motifs is 2. The first-order chi connectivity index (χ1) is 24.0. The Labute approximate surface area is 296 Å². The highest BCUT2D eigenvalue weighted by atomic mass is 16.7. The molecule has 9 nitrogen and oxygen atoms in total. The van der Waals surface area contributed by atoms with Gasteiger partial charge in [-0.3, -0.25) is 14.5 Å². The molecular formula is C41H54N4O5. The van der Waals surface area contributed by atoms with Crippen molar-refractivity contribution in [2.45, 2.75) is 110 Å². The maximum Gasteiger partial charge on any atom is 0.224 e. The summed E-state index contributed by atoms with van der Waals surface area (Å²) in [6.45, 7) is 9.72. The number of ether oxygens (including phenoxy) is 2. The van der Waals surface area contributed by atoms with Crippen LogP contribution in [0.25, 0.3) is 0 Å². The molecule has 3 aromatic rings. The molecule has 0 radical (unpaired) electrons. The van der Waals surface area contributed by atoms with Gasteiger partial charge in [0, 0.05) is 50.5 Å². The SMILES string of the molecule is CC1(C)CC2CC(C)(CN2C[C@H]2C[C@@H](c3ccc(CO)cc3)O[C@@H](c3ccc(CNC(=O)CCCCC(=O)Nc4ccccc4N)cc3)O2)C1. The third-order valence-corrected chi connectivity index (χ3v) is 10.6. The van der Waals surface area contributed by atoms with Crippen LogP contribution in [-0.4, -0.2) is 47.1 Å². The lowest BCUT2D eigenvalue weighted by atomic mass is 9.65. The van der Waals surface area contributed by atoms with E-state index in [-0.39, 0.29) is 30.6 Å². The fourth-order valence-corrected chi connectivity index (χ4v) is 8.56. The predicted octanol–water partition coefficient (Wildman–Crippen LogP) is 7.02. The maximum absolute atomic E-state index is 12.5. The van der Waals surface area contributed by atoms with Gasteiger partial charge in [0.25, 0.3) is 0 Å². The molecule has 2 unspecified atom stereocenters. The number of hydrogen-bond acceptors (Lipinski definition) is 7. The minimum atomic E-state index is -0.510. The summed E-state index contributed by atoms with van der Waals surface area (Å²) in [5, 5.41) is 15.4. The van der Waals surface area contributed by atoms with Gasteiger partial charge in [-0.15, -0.1) is 0 Å². The van der Waals surface area contributed by atoms with E-state index in [1.165, 1.54) is 19.3 Å². The van der Waals surface area contributed by atoms with E-state index in [1.54, 1.807) is 12.1 Å². The molecule has 9 heteroatoms.